The highest BCUT2D eigenvalue weighted by Crippen LogP contribution is 2.44. The van der Waals surface area contributed by atoms with Crippen LogP contribution in [0, 0.1) is 0 Å². The Morgan fingerprint density at radius 3 is 2.72 bits per heavy atom. The largest absolute Gasteiger partial charge is 0.368 e. The van der Waals surface area contributed by atoms with Crippen LogP contribution in [0.1, 0.15) is 80.1 Å². The lowest BCUT2D eigenvalue weighted by Crippen LogP contribution is -2.35. The van der Waals surface area contributed by atoms with Crippen LogP contribution in [0.15, 0.2) is 36.4 Å². The molecule has 0 amide bonds. The summed E-state index contributed by atoms with van der Waals surface area (Å²) in [6.45, 7) is 9.70. The Labute approximate surface area is 173 Å². The van der Waals surface area contributed by atoms with E-state index in [1.54, 1.807) is 0 Å². The molecular weight excluding hydrogens is 358 g/mol. The first-order valence-corrected chi connectivity index (χ1v) is 10.9. The number of H-pyrrole nitrogens is 1. The molecule has 1 aliphatic heterocycles. The maximum absolute atomic E-state index is 11.4. The van der Waals surface area contributed by atoms with Gasteiger partial charge in [-0.2, -0.15) is 0 Å². The first-order chi connectivity index (χ1) is 14.0. The van der Waals surface area contributed by atoms with Gasteiger partial charge >= 0.3 is 0 Å². The van der Waals surface area contributed by atoms with Crippen LogP contribution in [-0.4, -0.2) is 17.9 Å². The van der Waals surface area contributed by atoms with Gasteiger partial charge in [-0.25, -0.2) is 0 Å². The van der Waals surface area contributed by atoms with Crippen molar-refractivity contribution in [2.75, 3.05) is 6.61 Å². The summed E-state index contributed by atoms with van der Waals surface area (Å²) in [7, 11) is 0. The van der Waals surface area contributed by atoms with E-state index in [0.717, 1.165) is 44.1 Å². The molecule has 29 heavy (non-hydrogen) atoms. The van der Waals surface area contributed by atoms with Crippen molar-refractivity contribution in [1.29, 1.82) is 0 Å². The fourth-order valence-corrected chi connectivity index (χ4v) is 4.84. The van der Waals surface area contributed by atoms with Gasteiger partial charge in [-0.1, -0.05) is 52.3 Å². The molecule has 2 heterocycles. The van der Waals surface area contributed by atoms with E-state index >= 15 is 0 Å². The number of aromatic amines is 1. The molecule has 1 aliphatic rings. The summed E-state index contributed by atoms with van der Waals surface area (Å²) >= 11 is 0. The second kappa shape index (κ2) is 7.79. The molecule has 1 aromatic heterocycles. The Kier molecular flexibility index (Phi) is 5.35. The summed E-state index contributed by atoms with van der Waals surface area (Å²) in [5.74, 6) is 0.435. The van der Waals surface area contributed by atoms with Crippen LogP contribution in [0.25, 0.3) is 22.0 Å². The first kappa shape index (κ1) is 19.9. The number of nitrogens with one attached hydrogen (secondary N) is 1. The van der Waals surface area contributed by atoms with Crippen LogP contribution in [-0.2, 0) is 16.8 Å². The zero-order valence-corrected chi connectivity index (χ0v) is 18.0. The molecule has 4 rings (SSSR count). The van der Waals surface area contributed by atoms with Crippen molar-refractivity contribution in [3.63, 3.8) is 0 Å². The molecule has 0 aliphatic carbocycles. The quantitative estimate of drug-likeness (QED) is 0.474. The summed E-state index contributed by atoms with van der Waals surface area (Å²) in [5, 5.41) is 1.31. The molecule has 0 saturated carbocycles. The van der Waals surface area contributed by atoms with E-state index in [2.05, 4.69) is 50.9 Å². The molecule has 0 fully saturated rings. The second-order valence-corrected chi connectivity index (χ2v) is 8.56. The van der Waals surface area contributed by atoms with Gasteiger partial charge in [0.25, 0.3) is 0 Å². The number of fused-ring (bicyclic) bond motifs is 3. The van der Waals surface area contributed by atoms with Gasteiger partial charge in [0, 0.05) is 16.5 Å². The Morgan fingerprint density at radius 2 is 2.03 bits per heavy atom. The number of benzene rings is 2. The van der Waals surface area contributed by atoms with Crippen molar-refractivity contribution in [3.05, 3.63) is 58.8 Å². The van der Waals surface area contributed by atoms with E-state index in [-0.39, 0.29) is 5.60 Å². The topological polar surface area (TPSA) is 42.1 Å². The van der Waals surface area contributed by atoms with E-state index in [1.165, 1.54) is 33.3 Å². The number of carbonyl (C=O) groups excluding carboxylic acids is 1. The average Bonchev–Trinajstić information content (AvgIpc) is 3.13. The highest BCUT2D eigenvalue weighted by Gasteiger charge is 2.38. The first-order valence-electron chi connectivity index (χ1n) is 10.9. The molecular formula is C26H31NO2. The summed E-state index contributed by atoms with van der Waals surface area (Å²) < 4.78 is 6.39. The van der Waals surface area contributed by atoms with Crippen molar-refractivity contribution in [2.45, 2.75) is 64.9 Å². The second-order valence-electron chi connectivity index (χ2n) is 8.56. The van der Waals surface area contributed by atoms with Gasteiger partial charge in [0.2, 0.25) is 0 Å². The fourth-order valence-electron chi connectivity index (χ4n) is 4.84. The van der Waals surface area contributed by atoms with Crippen molar-refractivity contribution < 1.29 is 9.53 Å². The third kappa shape index (κ3) is 3.32. The lowest BCUT2D eigenvalue weighted by atomic mass is 9.85. The number of hydrogen-bond donors (Lipinski definition) is 1. The van der Waals surface area contributed by atoms with Gasteiger partial charge in [-0.15, -0.1) is 0 Å². The maximum Gasteiger partial charge on any atom is 0.150 e. The minimum Gasteiger partial charge on any atom is -0.368 e. The molecule has 0 spiro atoms. The van der Waals surface area contributed by atoms with Gasteiger partial charge in [0.05, 0.1) is 17.8 Å². The van der Waals surface area contributed by atoms with Crippen LogP contribution >= 0.6 is 0 Å². The molecule has 3 aromatic rings. The number of rotatable bonds is 6. The van der Waals surface area contributed by atoms with Crippen molar-refractivity contribution in [2.24, 2.45) is 0 Å². The standard InChI is InChI=1S/C26H31NO2/c1-5-11-26(6-2)25-21(10-12-29-26)23-15-20(17(3)4)14-22(24(23)27-25)19-9-7-8-18(13-19)16-28/h7-9,13-17,27H,5-6,10-12H2,1-4H3. The molecule has 1 atom stereocenters. The van der Waals surface area contributed by atoms with E-state index in [1.807, 2.05) is 18.2 Å². The van der Waals surface area contributed by atoms with Crippen LogP contribution in [0.4, 0.5) is 0 Å². The Bertz CT molecular complexity index is 1050. The zero-order chi connectivity index (χ0) is 20.6. The molecule has 3 nitrogen and oxygen atoms in total. The number of hydrogen-bond acceptors (Lipinski definition) is 2. The minimum absolute atomic E-state index is 0.221. The van der Waals surface area contributed by atoms with Gasteiger partial charge < -0.3 is 9.72 Å². The van der Waals surface area contributed by atoms with Gasteiger partial charge in [-0.3, -0.25) is 4.79 Å². The molecule has 1 unspecified atom stereocenters. The molecule has 3 heteroatoms. The molecule has 1 N–H and O–H groups in total. The van der Waals surface area contributed by atoms with Crippen LogP contribution in [0.3, 0.4) is 0 Å². The molecule has 0 saturated heterocycles. The van der Waals surface area contributed by atoms with Gasteiger partial charge in [0.15, 0.2) is 0 Å². The third-order valence-corrected chi connectivity index (χ3v) is 6.45. The van der Waals surface area contributed by atoms with E-state index in [9.17, 15) is 4.79 Å². The molecule has 0 bridgehead atoms. The van der Waals surface area contributed by atoms with Gasteiger partial charge in [0.1, 0.15) is 11.9 Å². The molecule has 152 valence electrons. The fraction of sp³-hybridized carbons (Fsp3) is 0.423. The monoisotopic (exact) mass is 389 g/mol. The van der Waals surface area contributed by atoms with Crippen LogP contribution < -0.4 is 0 Å². The normalized spacial score (nSPS) is 18.9. The number of carbonyl (C=O) groups is 1. The van der Waals surface area contributed by atoms with Gasteiger partial charge in [-0.05, 0) is 60.1 Å². The van der Waals surface area contributed by atoms with Crippen molar-refractivity contribution >= 4 is 17.2 Å². The highest BCUT2D eigenvalue weighted by atomic mass is 16.5. The van der Waals surface area contributed by atoms with E-state index in [0.29, 0.717) is 11.5 Å². The van der Waals surface area contributed by atoms with E-state index in [4.69, 9.17) is 4.74 Å². The lowest BCUT2D eigenvalue weighted by molar-refractivity contribution is -0.0723. The predicted octanol–water partition coefficient (Wildman–Crippen LogP) is 6.75. The Morgan fingerprint density at radius 1 is 1.21 bits per heavy atom. The summed E-state index contributed by atoms with van der Waals surface area (Å²) in [6, 6.07) is 12.6. The summed E-state index contributed by atoms with van der Waals surface area (Å²) in [4.78, 5) is 15.2. The number of ether oxygens (including phenoxy) is 1. The van der Waals surface area contributed by atoms with Crippen LogP contribution in [0.5, 0.6) is 0 Å². The summed E-state index contributed by atoms with van der Waals surface area (Å²) in [6.07, 6.45) is 4.94. The van der Waals surface area contributed by atoms with Crippen LogP contribution in [0.2, 0.25) is 0 Å². The Hall–Kier alpha value is -2.39. The Balaban J connectivity index is 2.03. The molecule has 2 aromatic carbocycles. The highest BCUT2D eigenvalue weighted by molar-refractivity contribution is 5.98. The molecule has 0 radical (unpaired) electrons. The predicted molar refractivity (Wildman–Crippen MR) is 120 cm³/mol. The smallest absolute Gasteiger partial charge is 0.150 e. The van der Waals surface area contributed by atoms with E-state index < -0.39 is 0 Å². The SMILES string of the molecule is CCCC1(CC)OCCc2c1[nH]c1c(-c3cccc(C=O)c3)cc(C(C)C)cc21. The number of aldehydes is 1. The maximum atomic E-state index is 11.4. The van der Waals surface area contributed by atoms with Crippen molar-refractivity contribution in [1.82, 2.24) is 4.98 Å². The average molecular weight is 390 g/mol. The van der Waals surface area contributed by atoms with Crippen molar-refractivity contribution in [3.8, 4) is 11.1 Å². The summed E-state index contributed by atoms with van der Waals surface area (Å²) in [5.41, 5.74) is 7.91. The number of aromatic nitrogens is 1. The lowest BCUT2D eigenvalue weighted by Gasteiger charge is -2.36. The zero-order valence-electron chi connectivity index (χ0n) is 18.0. The minimum atomic E-state index is -0.221. The third-order valence-electron chi connectivity index (χ3n) is 6.45.